The second-order valence-corrected chi connectivity index (χ2v) is 7.83. The summed E-state index contributed by atoms with van der Waals surface area (Å²) in [6, 6.07) is 0.340. The van der Waals surface area contributed by atoms with Gasteiger partial charge in [-0.05, 0) is 32.6 Å². The highest BCUT2D eigenvalue weighted by atomic mass is 35.5. The van der Waals surface area contributed by atoms with Gasteiger partial charge in [0.2, 0.25) is 11.8 Å². The molecule has 25 heavy (non-hydrogen) atoms. The van der Waals surface area contributed by atoms with Crippen molar-refractivity contribution in [2.45, 2.75) is 58.0 Å². The summed E-state index contributed by atoms with van der Waals surface area (Å²) in [6.45, 7) is 8.92. The van der Waals surface area contributed by atoms with Gasteiger partial charge < -0.3 is 16.0 Å². The van der Waals surface area contributed by atoms with Crippen molar-refractivity contribution in [1.82, 2.24) is 15.1 Å². The molecule has 8 heteroatoms. The molecule has 1 saturated heterocycles. The van der Waals surface area contributed by atoms with Crippen molar-refractivity contribution in [3.05, 3.63) is 0 Å². The van der Waals surface area contributed by atoms with Crippen molar-refractivity contribution in [3.63, 3.8) is 0 Å². The number of carbonyl (C=O) groups excluding carboxylic acids is 2. The van der Waals surface area contributed by atoms with E-state index in [0.29, 0.717) is 31.6 Å². The Morgan fingerprint density at radius 2 is 1.72 bits per heavy atom. The third-order valence-corrected chi connectivity index (χ3v) is 4.88. The van der Waals surface area contributed by atoms with Crippen LogP contribution < -0.4 is 11.1 Å². The van der Waals surface area contributed by atoms with E-state index in [2.05, 4.69) is 17.1 Å². The van der Waals surface area contributed by atoms with E-state index in [1.807, 2.05) is 0 Å². The molecule has 0 aromatic heterocycles. The first-order chi connectivity index (χ1) is 10.8. The van der Waals surface area contributed by atoms with Gasteiger partial charge in [-0.1, -0.05) is 19.8 Å². The maximum atomic E-state index is 12.2. The van der Waals surface area contributed by atoms with Gasteiger partial charge in [-0.15, -0.1) is 24.8 Å². The monoisotopic (exact) mass is 396 g/mol. The summed E-state index contributed by atoms with van der Waals surface area (Å²) in [5.74, 6) is 0.809. The van der Waals surface area contributed by atoms with Crippen LogP contribution in [-0.2, 0) is 9.59 Å². The quantitative estimate of drug-likeness (QED) is 0.752. The first-order valence-corrected chi connectivity index (χ1v) is 8.85. The number of hydrogen-bond acceptors (Lipinski definition) is 4. The molecule has 2 aliphatic rings. The number of halogens is 2. The molecule has 0 radical (unpaired) electrons. The predicted molar refractivity (Wildman–Crippen MR) is 105 cm³/mol. The molecule has 2 atom stereocenters. The molecule has 1 saturated carbocycles. The van der Waals surface area contributed by atoms with Crippen LogP contribution >= 0.6 is 24.8 Å². The molecule has 148 valence electrons. The van der Waals surface area contributed by atoms with E-state index in [0.717, 1.165) is 25.9 Å². The highest BCUT2D eigenvalue weighted by molar-refractivity contribution is 5.86. The lowest BCUT2D eigenvalue weighted by Crippen LogP contribution is -2.58. The number of hydrogen-bond donors (Lipinski definition) is 2. The highest BCUT2D eigenvalue weighted by Crippen LogP contribution is 2.23. The molecule has 1 heterocycles. The molecule has 0 spiro atoms. The molecule has 2 amide bonds. The van der Waals surface area contributed by atoms with Crippen molar-refractivity contribution >= 4 is 36.6 Å². The van der Waals surface area contributed by atoms with Gasteiger partial charge in [0.05, 0.1) is 12.1 Å². The molecular formula is C17H34Cl2N4O2. The number of nitrogens with two attached hydrogens (primary N) is 1. The molecule has 0 aromatic rings. The van der Waals surface area contributed by atoms with E-state index in [9.17, 15) is 9.59 Å². The van der Waals surface area contributed by atoms with E-state index < -0.39 is 5.54 Å². The van der Waals surface area contributed by atoms with E-state index >= 15 is 0 Å². The van der Waals surface area contributed by atoms with Crippen molar-refractivity contribution in [2.24, 2.45) is 11.7 Å². The zero-order valence-electron chi connectivity index (χ0n) is 15.6. The average Bonchev–Trinajstić information content (AvgIpc) is 2.46. The Balaban J connectivity index is 0.00000288. The highest BCUT2D eigenvalue weighted by Gasteiger charge is 2.30. The number of rotatable bonds is 4. The smallest absolute Gasteiger partial charge is 0.242 e. The summed E-state index contributed by atoms with van der Waals surface area (Å²) >= 11 is 0. The van der Waals surface area contributed by atoms with Gasteiger partial charge in [-0.2, -0.15) is 0 Å². The minimum Gasteiger partial charge on any atom is -0.352 e. The third-order valence-electron chi connectivity index (χ3n) is 4.88. The fourth-order valence-corrected chi connectivity index (χ4v) is 3.56. The van der Waals surface area contributed by atoms with Gasteiger partial charge in [0.25, 0.3) is 0 Å². The Labute approximate surface area is 164 Å². The van der Waals surface area contributed by atoms with Gasteiger partial charge in [-0.3, -0.25) is 14.5 Å². The summed E-state index contributed by atoms with van der Waals surface area (Å²) in [6.07, 6.45) is 4.69. The topological polar surface area (TPSA) is 78.7 Å². The largest absolute Gasteiger partial charge is 0.352 e. The molecule has 0 aromatic carbocycles. The maximum Gasteiger partial charge on any atom is 0.242 e. The van der Waals surface area contributed by atoms with E-state index in [-0.39, 0.29) is 36.6 Å². The van der Waals surface area contributed by atoms with Crippen LogP contribution in [0.1, 0.15) is 46.5 Å². The molecule has 2 rings (SSSR count). The molecule has 2 unspecified atom stereocenters. The Morgan fingerprint density at radius 1 is 1.12 bits per heavy atom. The van der Waals surface area contributed by atoms with E-state index in [1.54, 1.807) is 18.7 Å². The fraction of sp³-hybridized carbons (Fsp3) is 0.882. The van der Waals surface area contributed by atoms with Crippen molar-refractivity contribution in [2.75, 3.05) is 32.7 Å². The minimum atomic E-state index is -0.822. The van der Waals surface area contributed by atoms with Gasteiger partial charge in [0.15, 0.2) is 0 Å². The number of nitrogens with one attached hydrogen (secondary N) is 1. The Bertz CT molecular complexity index is 435. The van der Waals surface area contributed by atoms with Crippen molar-refractivity contribution < 1.29 is 9.59 Å². The predicted octanol–water partition coefficient (Wildman–Crippen LogP) is 1.41. The zero-order valence-corrected chi connectivity index (χ0v) is 17.3. The first kappa shape index (κ1) is 24.4. The van der Waals surface area contributed by atoms with Crippen molar-refractivity contribution in [1.29, 1.82) is 0 Å². The van der Waals surface area contributed by atoms with Crippen LogP contribution in [0.5, 0.6) is 0 Å². The van der Waals surface area contributed by atoms with Crippen LogP contribution in [0.25, 0.3) is 0 Å². The number of carbonyl (C=O) groups is 2. The molecule has 1 aliphatic carbocycles. The Kier molecular flexibility index (Phi) is 10.3. The third kappa shape index (κ3) is 7.69. The fourth-order valence-electron chi connectivity index (χ4n) is 3.56. The Hall–Kier alpha value is -0.560. The first-order valence-electron chi connectivity index (χ1n) is 8.85. The number of amides is 2. The van der Waals surface area contributed by atoms with Gasteiger partial charge >= 0.3 is 0 Å². The summed E-state index contributed by atoms with van der Waals surface area (Å²) in [7, 11) is 0. The van der Waals surface area contributed by atoms with Gasteiger partial charge in [0, 0.05) is 32.2 Å². The van der Waals surface area contributed by atoms with Gasteiger partial charge in [-0.25, -0.2) is 0 Å². The lowest BCUT2D eigenvalue weighted by molar-refractivity contribution is -0.137. The van der Waals surface area contributed by atoms with Gasteiger partial charge in [0.1, 0.15) is 0 Å². The number of nitrogens with zero attached hydrogens (tertiary/aromatic N) is 2. The Morgan fingerprint density at radius 3 is 2.24 bits per heavy atom. The normalized spacial score (nSPS) is 24.7. The van der Waals surface area contributed by atoms with Crippen LogP contribution in [0.3, 0.4) is 0 Å². The summed E-state index contributed by atoms with van der Waals surface area (Å²) in [5, 5.41) is 3.17. The zero-order chi connectivity index (χ0) is 17.0. The van der Waals surface area contributed by atoms with Crippen LogP contribution in [0.2, 0.25) is 0 Å². The second kappa shape index (κ2) is 10.6. The van der Waals surface area contributed by atoms with E-state index in [4.69, 9.17) is 5.73 Å². The van der Waals surface area contributed by atoms with Crippen LogP contribution in [-0.4, -0.2) is 65.9 Å². The molecule has 6 nitrogen and oxygen atoms in total. The molecular weight excluding hydrogens is 363 g/mol. The summed E-state index contributed by atoms with van der Waals surface area (Å²) in [5.41, 5.74) is 5.05. The molecule has 2 fully saturated rings. The lowest BCUT2D eigenvalue weighted by Gasteiger charge is -2.37. The van der Waals surface area contributed by atoms with Crippen LogP contribution in [0.4, 0.5) is 0 Å². The molecule has 1 aliphatic heterocycles. The molecule has 0 bridgehead atoms. The summed E-state index contributed by atoms with van der Waals surface area (Å²) < 4.78 is 0. The lowest BCUT2D eigenvalue weighted by atomic mass is 9.87. The SMILES string of the molecule is CC1CCCC(NC(=O)CN2CCN(C(=O)C(C)(C)N)CC2)C1.Cl.Cl. The van der Waals surface area contributed by atoms with Crippen LogP contribution in [0.15, 0.2) is 0 Å². The van der Waals surface area contributed by atoms with E-state index in [1.165, 1.54) is 12.8 Å². The summed E-state index contributed by atoms with van der Waals surface area (Å²) in [4.78, 5) is 28.3. The minimum absolute atomic E-state index is 0. The average molecular weight is 397 g/mol. The second-order valence-electron chi connectivity index (χ2n) is 7.83. The standard InChI is InChI=1S/C17H32N4O2.2ClH/c1-13-5-4-6-14(11-13)19-15(22)12-20-7-9-21(10-8-20)16(23)17(2,3)18;;/h13-14H,4-12,18H2,1-3H3,(H,19,22);2*1H. The molecule has 3 N–H and O–H groups in total. The number of piperazine rings is 1. The van der Waals surface area contributed by atoms with Crippen molar-refractivity contribution in [3.8, 4) is 0 Å². The van der Waals surface area contributed by atoms with Crippen LogP contribution in [0, 0.1) is 5.92 Å². The maximum absolute atomic E-state index is 12.2.